The van der Waals surface area contributed by atoms with Gasteiger partial charge in [-0.05, 0) is 43.3 Å². The SMILES string of the molecule is CCNC(=O)c1cccc(NS(=O)(=O)c2cc(Cl)ccc2Cl)c1. The van der Waals surface area contributed by atoms with E-state index < -0.39 is 10.0 Å². The van der Waals surface area contributed by atoms with Crippen LogP contribution in [-0.2, 0) is 10.0 Å². The van der Waals surface area contributed by atoms with Gasteiger partial charge in [0.15, 0.2) is 0 Å². The summed E-state index contributed by atoms with van der Waals surface area (Å²) in [4.78, 5) is 11.7. The topological polar surface area (TPSA) is 75.3 Å². The summed E-state index contributed by atoms with van der Waals surface area (Å²) in [7, 11) is -3.92. The molecule has 2 aromatic rings. The fourth-order valence-corrected chi connectivity index (χ4v) is 3.69. The second-order valence-electron chi connectivity index (χ2n) is 4.62. The zero-order valence-corrected chi connectivity index (χ0v) is 14.5. The normalized spacial score (nSPS) is 11.1. The van der Waals surface area contributed by atoms with Gasteiger partial charge in [-0.1, -0.05) is 29.3 Å². The van der Waals surface area contributed by atoms with E-state index in [1.54, 1.807) is 25.1 Å². The van der Waals surface area contributed by atoms with E-state index in [2.05, 4.69) is 10.0 Å². The second kappa shape index (κ2) is 7.21. The largest absolute Gasteiger partial charge is 0.352 e. The number of sulfonamides is 1. The average Bonchev–Trinajstić information content (AvgIpc) is 2.49. The van der Waals surface area contributed by atoms with Gasteiger partial charge in [0.05, 0.1) is 5.02 Å². The number of hydrogen-bond donors (Lipinski definition) is 2. The summed E-state index contributed by atoms with van der Waals surface area (Å²) in [5.74, 6) is -0.283. The molecule has 0 saturated carbocycles. The van der Waals surface area contributed by atoms with Crippen LogP contribution in [0.5, 0.6) is 0 Å². The highest BCUT2D eigenvalue weighted by Gasteiger charge is 2.19. The molecule has 1 amide bonds. The van der Waals surface area contributed by atoms with Crippen LogP contribution in [0.4, 0.5) is 5.69 Å². The van der Waals surface area contributed by atoms with Gasteiger partial charge >= 0.3 is 0 Å². The van der Waals surface area contributed by atoms with E-state index in [1.165, 1.54) is 24.3 Å². The number of amides is 1. The lowest BCUT2D eigenvalue weighted by Gasteiger charge is -2.11. The smallest absolute Gasteiger partial charge is 0.263 e. The molecule has 8 heteroatoms. The molecule has 0 saturated heterocycles. The molecule has 0 radical (unpaired) electrons. The fourth-order valence-electron chi connectivity index (χ4n) is 1.88. The Morgan fingerprint density at radius 1 is 1.13 bits per heavy atom. The number of anilines is 1. The van der Waals surface area contributed by atoms with Gasteiger partial charge in [-0.25, -0.2) is 8.42 Å². The number of rotatable bonds is 5. The summed E-state index contributed by atoms with van der Waals surface area (Å²) in [5, 5.41) is 2.96. The van der Waals surface area contributed by atoms with Crippen molar-refractivity contribution >= 4 is 44.8 Å². The molecule has 2 N–H and O–H groups in total. The fraction of sp³-hybridized carbons (Fsp3) is 0.133. The van der Waals surface area contributed by atoms with E-state index in [-0.39, 0.29) is 26.5 Å². The lowest BCUT2D eigenvalue weighted by molar-refractivity contribution is 0.0956. The first kappa shape index (κ1) is 17.6. The summed E-state index contributed by atoms with van der Waals surface area (Å²) in [6.45, 7) is 2.28. The first-order valence-corrected chi connectivity index (χ1v) is 8.93. The van der Waals surface area contributed by atoms with Crippen molar-refractivity contribution in [3.63, 3.8) is 0 Å². The van der Waals surface area contributed by atoms with Gasteiger partial charge in [0.2, 0.25) is 0 Å². The molecule has 0 spiro atoms. The number of benzene rings is 2. The quantitative estimate of drug-likeness (QED) is 0.842. The molecule has 0 aliphatic heterocycles. The van der Waals surface area contributed by atoms with E-state index in [0.29, 0.717) is 12.1 Å². The van der Waals surface area contributed by atoms with Crippen molar-refractivity contribution in [1.29, 1.82) is 0 Å². The molecular formula is C15H14Cl2N2O3S. The monoisotopic (exact) mass is 372 g/mol. The highest BCUT2D eigenvalue weighted by molar-refractivity contribution is 7.92. The number of nitrogens with one attached hydrogen (secondary N) is 2. The van der Waals surface area contributed by atoms with Gasteiger partial charge in [0.25, 0.3) is 15.9 Å². The van der Waals surface area contributed by atoms with Crippen LogP contribution in [-0.4, -0.2) is 20.9 Å². The third kappa shape index (κ3) is 4.37. The number of hydrogen-bond acceptors (Lipinski definition) is 3. The molecular weight excluding hydrogens is 359 g/mol. The van der Waals surface area contributed by atoms with Crippen molar-refractivity contribution in [3.8, 4) is 0 Å². The minimum atomic E-state index is -3.92. The van der Waals surface area contributed by atoms with Crippen molar-refractivity contribution < 1.29 is 13.2 Å². The van der Waals surface area contributed by atoms with Gasteiger partial charge in [-0.3, -0.25) is 9.52 Å². The Hall–Kier alpha value is -1.76. The summed E-state index contributed by atoms with van der Waals surface area (Å²) in [5.41, 5.74) is 0.606. The molecule has 23 heavy (non-hydrogen) atoms. The highest BCUT2D eigenvalue weighted by atomic mass is 35.5. The Morgan fingerprint density at radius 2 is 1.87 bits per heavy atom. The molecule has 122 valence electrons. The molecule has 0 heterocycles. The molecule has 0 unspecified atom stereocenters. The lowest BCUT2D eigenvalue weighted by atomic mass is 10.2. The van der Waals surface area contributed by atoms with Crippen LogP contribution >= 0.6 is 23.2 Å². The van der Waals surface area contributed by atoms with Crippen molar-refractivity contribution in [2.45, 2.75) is 11.8 Å². The maximum atomic E-state index is 12.4. The standard InChI is InChI=1S/C15H14Cl2N2O3S/c1-2-18-15(20)10-4-3-5-12(8-10)19-23(21,22)14-9-11(16)6-7-13(14)17/h3-9,19H,2H2,1H3,(H,18,20). The van der Waals surface area contributed by atoms with Crippen molar-refractivity contribution in [3.05, 3.63) is 58.1 Å². The van der Waals surface area contributed by atoms with Crippen LogP contribution in [0, 0.1) is 0 Å². The third-order valence-electron chi connectivity index (χ3n) is 2.90. The minimum Gasteiger partial charge on any atom is -0.352 e. The average molecular weight is 373 g/mol. The van der Waals surface area contributed by atoms with E-state index in [4.69, 9.17) is 23.2 Å². The van der Waals surface area contributed by atoms with Crippen molar-refractivity contribution in [2.75, 3.05) is 11.3 Å². The van der Waals surface area contributed by atoms with Gasteiger partial charge in [0, 0.05) is 22.8 Å². The Morgan fingerprint density at radius 3 is 2.57 bits per heavy atom. The zero-order valence-electron chi connectivity index (χ0n) is 12.1. The van der Waals surface area contributed by atoms with Gasteiger partial charge in [-0.15, -0.1) is 0 Å². The first-order valence-electron chi connectivity index (χ1n) is 6.69. The molecule has 5 nitrogen and oxygen atoms in total. The summed E-state index contributed by atoms with van der Waals surface area (Å²) in [6, 6.07) is 10.3. The number of carbonyl (C=O) groups is 1. The Kier molecular flexibility index (Phi) is 5.51. The van der Waals surface area contributed by atoms with Gasteiger partial charge in [-0.2, -0.15) is 0 Å². The molecule has 0 aromatic heterocycles. The summed E-state index contributed by atoms with van der Waals surface area (Å²) < 4.78 is 27.2. The van der Waals surface area contributed by atoms with E-state index in [0.717, 1.165) is 0 Å². The maximum absolute atomic E-state index is 12.4. The van der Waals surface area contributed by atoms with E-state index in [1.807, 2.05) is 0 Å². The molecule has 0 aliphatic carbocycles. The molecule has 2 rings (SSSR count). The molecule has 0 atom stereocenters. The van der Waals surface area contributed by atoms with Gasteiger partial charge < -0.3 is 5.32 Å². The van der Waals surface area contributed by atoms with Crippen molar-refractivity contribution in [1.82, 2.24) is 5.32 Å². The molecule has 2 aromatic carbocycles. The maximum Gasteiger partial charge on any atom is 0.263 e. The summed E-state index contributed by atoms with van der Waals surface area (Å²) >= 11 is 11.8. The van der Waals surface area contributed by atoms with Crippen LogP contribution < -0.4 is 10.0 Å². The van der Waals surface area contributed by atoms with Crippen LogP contribution in [0.3, 0.4) is 0 Å². The third-order valence-corrected chi connectivity index (χ3v) is 5.00. The van der Waals surface area contributed by atoms with Crippen molar-refractivity contribution in [2.24, 2.45) is 0 Å². The molecule has 0 aliphatic rings. The summed E-state index contributed by atoms with van der Waals surface area (Å²) in [6.07, 6.45) is 0. The Balaban J connectivity index is 2.32. The highest BCUT2D eigenvalue weighted by Crippen LogP contribution is 2.27. The van der Waals surface area contributed by atoms with Crippen LogP contribution in [0.25, 0.3) is 0 Å². The molecule has 0 bridgehead atoms. The molecule has 0 fully saturated rings. The van der Waals surface area contributed by atoms with E-state index in [9.17, 15) is 13.2 Å². The Labute approximate surface area is 144 Å². The van der Waals surface area contributed by atoms with Crippen LogP contribution in [0.2, 0.25) is 10.0 Å². The predicted molar refractivity (Wildman–Crippen MR) is 91.7 cm³/mol. The second-order valence-corrected chi connectivity index (χ2v) is 7.11. The predicted octanol–water partition coefficient (Wildman–Crippen LogP) is 3.54. The Bertz CT molecular complexity index is 838. The minimum absolute atomic E-state index is 0.0572. The number of halogens is 2. The van der Waals surface area contributed by atoms with Crippen LogP contribution in [0.15, 0.2) is 47.4 Å². The van der Waals surface area contributed by atoms with Crippen LogP contribution in [0.1, 0.15) is 17.3 Å². The van der Waals surface area contributed by atoms with E-state index >= 15 is 0 Å². The van der Waals surface area contributed by atoms with Gasteiger partial charge in [0.1, 0.15) is 4.90 Å². The first-order chi connectivity index (χ1) is 10.8. The zero-order chi connectivity index (χ0) is 17.0. The lowest BCUT2D eigenvalue weighted by Crippen LogP contribution is -2.22. The number of carbonyl (C=O) groups excluding carboxylic acids is 1.